The van der Waals surface area contributed by atoms with Gasteiger partial charge in [-0.3, -0.25) is 0 Å². The van der Waals surface area contributed by atoms with Crippen LogP contribution in [0.15, 0.2) is 187 Å². The minimum absolute atomic E-state index is 0.408. The highest BCUT2D eigenvalue weighted by molar-refractivity contribution is 6.11. The topological polar surface area (TPSA) is 47.1 Å². The summed E-state index contributed by atoms with van der Waals surface area (Å²) in [7, 11) is 0. The number of hydrogen-bond donors (Lipinski definition) is 0. The van der Waals surface area contributed by atoms with E-state index < -0.39 is 0 Å². The van der Waals surface area contributed by atoms with Gasteiger partial charge in [0.15, 0.2) is 5.82 Å². The maximum Gasteiger partial charge on any atom is 0.160 e. The highest BCUT2D eigenvalue weighted by Gasteiger charge is 2.25. The second-order valence-corrected chi connectivity index (χ2v) is 15.2. The third-order valence-corrected chi connectivity index (χ3v) is 11.4. The SMILES string of the molecule is C=C1/C=C\C=C/N(c2cc(-c3nc(-c4ccccc4)cc(-c4ccccc4)n3)cc(-n3c4c(c5ccccc53)C=CC(C)C4)c2)c2ccc3c(oc4ccccc43)c21. The van der Waals surface area contributed by atoms with Crippen LogP contribution in [0.2, 0.25) is 0 Å². The molecular formula is C53H38N4O. The maximum atomic E-state index is 6.63. The number of furan rings is 1. The summed E-state index contributed by atoms with van der Waals surface area (Å²) < 4.78 is 9.08. The van der Waals surface area contributed by atoms with Crippen LogP contribution < -0.4 is 4.90 Å². The molecule has 0 saturated carbocycles. The van der Waals surface area contributed by atoms with Crippen molar-refractivity contribution < 1.29 is 4.42 Å². The molecule has 1 aliphatic heterocycles. The third kappa shape index (κ3) is 5.62. The van der Waals surface area contributed by atoms with Gasteiger partial charge < -0.3 is 13.9 Å². The average Bonchev–Trinajstić information content (AvgIpc) is 3.81. The smallest absolute Gasteiger partial charge is 0.160 e. The lowest BCUT2D eigenvalue weighted by molar-refractivity contribution is 0.668. The molecular weight excluding hydrogens is 709 g/mol. The van der Waals surface area contributed by atoms with Gasteiger partial charge in [-0.05, 0) is 72.5 Å². The van der Waals surface area contributed by atoms with Gasteiger partial charge in [-0.25, -0.2) is 9.97 Å². The summed E-state index contributed by atoms with van der Waals surface area (Å²) in [6, 6.07) is 50.9. The highest BCUT2D eigenvalue weighted by Crippen LogP contribution is 2.44. The van der Waals surface area contributed by atoms with Gasteiger partial charge in [-0.2, -0.15) is 0 Å². The van der Waals surface area contributed by atoms with Crippen molar-refractivity contribution in [3.63, 3.8) is 0 Å². The molecule has 1 atom stereocenters. The van der Waals surface area contributed by atoms with Crippen LogP contribution in [0.5, 0.6) is 0 Å². The van der Waals surface area contributed by atoms with Crippen molar-refractivity contribution in [3.05, 3.63) is 199 Å². The zero-order valence-electron chi connectivity index (χ0n) is 32.0. The van der Waals surface area contributed by atoms with E-state index in [1.165, 1.54) is 22.2 Å². The molecule has 4 heterocycles. The third-order valence-electron chi connectivity index (χ3n) is 11.4. The molecule has 0 saturated heterocycles. The quantitative estimate of drug-likeness (QED) is 0.176. The number of benzene rings is 6. The number of anilines is 2. The Kier molecular flexibility index (Phi) is 7.93. The number of aromatic nitrogens is 3. The predicted molar refractivity (Wildman–Crippen MR) is 240 cm³/mol. The van der Waals surface area contributed by atoms with Crippen LogP contribution in [0.1, 0.15) is 23.7 Å². The van der Waals surface area contributed by atoms with E-state index in [1.54, 1.807) is 0 Å². The van der Waals surface area contributed by atoms with E-state index in [1.807, 2.05) is 30.3 Å². The Labute approximate surface area is 336 Å². The molecule has 58 heavy (non-hydrogen) atoms. The van der Waals surface area contributed by atoms with Crippen LogP contribution in [0.3, 0.4) is 0 Å². The number of fused-ring (bicyclic) bond motifs is 8. The van der Waals surface area contributed by atoms with Gasteiger partial charge in [0.1, 0.15) is 11.2 Å². The molecule has 5 nitrogen and oxygen atoms in total. The van der Waals surface area contributed by atoms with Gasteiger partial charge in [0, 0.05) is 67.2 Å². The Balaban J connectivity index is 1.20. The van der Waals surface area contributed by atoms with E-state index >= 15 is 0 Å². The van der Waals surface area contributed by atoms with Crippen LogP contribution in [-0.2, 0) is 6.42 Å². The number of rotatable bonds is 5. The lowest BCUT2D eigenvalue weighted by Gasteiger charge is -2.27. The van der Waals surface area contributed by atoms with Gasteiger partial charge in [0.2, 0.25) is 0 Å². The van der Waals surface area contributed by atoms with Crippen molar-refractivity contribution in [1.29, 1.82) is 0 Å². The van der Waals surface area contributed by atoms with E-state index in [4.69, 9.17) is 14.4 Å². The molecule has 5 heteroatoms. The maximum absolute atomic E-state index is 6.63. The summed E-state index contributed by atoms with van der Waals surface area (Å²) in [5.74, 6) is 1.06. The minimum atomic E-state index is 0.408. The van der Waals surface area contributed by atoms with Gasteiger partial charge >= 0.3 is 0 Å². The number of nitrogens with zero attached hydrogens (tertiary/aromatic N) is 4. The van der Waals surface area contributed by atoms with Gasteiger partial charge in [0.25, 0.3) is 0 Å². The Bertz CT molecular complexity index is 3120. The fourth-order valence-corrected chi connectivity index (χ4v) is 8.70. The standard InChI is InChI=1S/C53H38N4O/c1-34-24-25-42-41-20-9-11-22-47(41)57(49(42)29-34)40-31-38(53-54-45(36-16-5-3-6-17-36)33-46(55-53)37-18-7-4-8-19-37)30-39(32-40)56-28-14-13-15-35(2)51-48(56)27-26-44-43-21-10-12-23-50(43)58-52(44)51/h3-28,30-34H,2,29H2,1H3/b15-13-,28-14-. The fourth-order valence-electron chi connectivity index (χ4n) is 8.70. The molecule has 11 rings (SSSR count). The summed E-state index contributed by atoms with van der Waals surface area (Å²) in [6.07, 6.45) is 13.9. The van der Waals surface area contributed by atoms with Crippen LogP contribution in [0.25, 0.3) is 84.1 Å². The van der Waals surface area contributed by atoms with Crippen molar-refractivity contribution in [1.82, 2.24) is 14.5 Å². The van der Waals surface area contributed by atoms with Crippen molar-refractivity contribution in [3.8, 4) is 39.6 Å². The number of hydrogen-bond acceptors (Lipinski definition) is 4. The molecule has 0 bridgehead atoms. The van der Waals surface area contributed by atoms with E-state index in [0.29, 0.717) is 11.7 Å². The fraction of sp³-hybridized carbons (Fsp3) is 0.0566. The van der Waals surface area contributed by atoms with Crippen LogP contribution in [-0.4, -0.2) is 14.5 Å². The van der Waals surface area contributed by atoms with Crippen LogP contribution in [0, 0.1) is 5.92 Å². The normalized spacial score (nSPS) is 16.0. The molecule has 0 fully saturated rings. The lowest BCUT2D eigenvalue weighted by Crippen LogP contribution is -2.13. The highest BCUT2D eigenvalue weighted by atomic mass is 16.3. The molecule has 3 aromatic heterocycles. The van der Waals surface area contributed by atoms with Crippen LogP contribution in [0.4, 0.5) is 11.4 Å². The summed E-state index contributed by atoms with van der Waals surface area (Å²) in [5, 5.41) is 3.39. The predicted octanol–water partition coefficient (Wildman–Crippen LogP) is 13.8. The lowest BCUT2D eigenvalue weighted by atomic mass is 9.94. The molecule has 0 radical (unpaired) electrons. The van der Waals surface area contributed by atoms with Crippen molar-refractivity contribution in [2.45, 2.75) is 13.3 Å². The monoisotopic (exact) mass is 746 g/mol. The van der Waals surface area contributed by atoms with Crippen molar-refractivity contribution in [2.75, 3.05) is 4.90 Å². The molecule has 2 aliphatic rings. The van der Waals surface area contributed by atoms with Gasteiger partial charge in [-0.1, -0.05) is 135 Å². The largest absolute Gasteiger partial charge is 0.455 e. The zero-order valence-corrected chi connectivity index (χ0v) is 32.0. The molecule has 1 unspecified atom stereocenters. The van der Waals surface area contributed by atoms with E-state index in [9.17, 15) is 0 Å². The zero-order chi connectivity index (χ0) is 38.7. The molecule has 0 amide bonds. The Morgan fingerprint density at radius 1 is 0.638 bits per heavy atom. The van der Waals surface area contributed by atoms with Gasteiger partial charge in [0.05, 0.1) is 22.6 Å². The average molecular weight is 747 g/mol. The molecule has 1 aliphatic carbocycles. The summed E-state index contributed by atoms with van der Waals surface area (Å²) in [6.45, 7) is 6.85. The van der Waals surface area contributed by atoms with Crippen molar-refractivity contribution >= 4 is 55.9 Å². The molecule has 6 aromatic carbocycles. The number of allylic oxidation sites excluding steroid dienone is 5. The number of para-hydroxylation sites is 2. The van der Waals surface area contributed by atoms with E-state index in [-0.39, 0.29) is 0 Å². The second kappa shape index (κ2) is 13.6. The Morgan fingerprint density at radius 3 is 2.10 bits per heavy atom. The summed E-state index contributed by atoms with van der Waals surface area (Å²) in [4.78, 5) is 12.9. The Morgan fingerprint density at radius 2 is 1.33 bits per heavy atom. The first-order chi connectivity index (χ1) is 28.6. The molecule has 276 valence electrons. The summed E-state index contributed by atoms with van der Waals surface area (Å²) in [5.41, 5.74) is 14.9. The van der Waals surface area contributed by atoms with E-state index in [2.05, 4.69) is 175 Å². The first-order valence-corrected chi connectivity index (χ1v) is 19.8. The van der Waals surface area contributed by atoms with Gasteiger partial charge in [-0.15, -0.1) is 0 Å². The first kappa shape index (κ1) is 33.8. The molecule has 9 aromatic rings. The second-order valence-electron chi connectivity index (χ2n) is 15.2. The molecule has 0 N–H and O–H groups in total. The van der Waals surface area contributed by atoms with Crippen LogP contribution >= 0.6 is 0 Å². The van der Waals surface area contributed by atoms with Crippen molar-refractivity contribution in [2.24, 2.45) is 5.92 Å². The minimum Gasteiger partial charge on any atom is -0.455 e. The molecule has 0 spiro atoms. The first-order valence-electron chi connectivity index (χ1n) is 19.8. The Hall–Kier alpha value is -7.50. The summed E-state index contributed by atoms with van der Waals surface area (Å²) >= 11 is 0. The van der Waals surface area contributed by atoms with E-state index in [0.717, 1.165) is 84.6 Å².